The van der Waals surface area contributed by atoms with E-state index >= 15 is 0 Å². The fraction of sp³-hybridized carbons (Fsp3) is 0.391. The number of ether oxygens (including phenoxy) is 1. The molecular weight excluding hydrogens is 366 g/mol. The third kappa shape index (κ3) is 3.79. The van der Waals surface area contributed by atoms with Crippen LogP contribution in [0.4, 0.5) is 11.4 Å². The molecule has 6 heteroatoms. The van der Waals surface area contributed by atoms with Gasteiger partial charge in [0.15, 0.2) is 0 Å². The first kappa shape index (κ1) is 19.3. The minimum absolute atomic E-state index is 0.0717. The molecule has 0 N–H and O–H groups in total. The fourth-order valence-electron chi connectivity index (χ4n) is 4.13. The first-order valence-corrected chi connectivity index (χ1v) is 10.2. The van der Waals surface area contributed by atoms with Crippen LogP contribution in [-0.4, -0.2) is 56.5 Å². The molecule has 0 aliphatic carbocycles. The molecule has 0 radical (unpaired) electrons. The molecule has 2 amide bonds. The van der Waals surface area contributed by atoms with Crippen LogP contribution in [0, 0.1) is 0 Å². The second-order valence-electron chi connectivity index (χ2n) is 7.47. The van der Waals surface area contributed by atoms with Crippen molar-refractivity contribution < 1.29 is 14.3 Å². The summed E-state index contributed by atoms with van der Waals surface area (Å²) >= 11 is 0. The van der Waals surface area contributed by atoms with Crippen LogP contribution in [0.25, 0.3) is 0 Å². The van der Waals surface area contributed by atoms with Gasteiger partial charge in [-0.15, -0.1) is 0 Å². The van der Waals surface area contributed by atoms with E-state index in [1.54, 1.807) is 7.11 Å². The zero-order chi connectivity index (χ0) is 20.4. The number of hydrogen-bond acceptors (Lipinski definition) is 4. The highest BCUT2D eigenvalue weighted by atomic mass is 16.5. The molecule has 0 saturated carbocycles. The molecule has 1 saturated heterocycles. The number of hydrogen-bond donors (Lipinski definition) is 0. The van der Waals surface area contributed by atoms with E-state index in [2.05, 4.69) is 17.0 Å². The average Bonchev–Trinajstić information content (AvgIpc) is 3.21. The molecule has 6 nitrogen and oxygen atoms in total. The molecule has 2 aliphatic heterocycles. The lowest BCUT2D eigenvalue weighted by molar-refractivity contribution is -0.118. The predicted molar refractivity (Wildman–Crippen MR) is 114 cm³/mol. The van der Waals surface area contributed by atoms with Gasteiger partial charge in [-0.3, -0.25) is 9.59 Å². The molecular formula is C23H27N3O3. The number of carbonyl (C=O) groups excluding carboxylic acids is 2. The standard InChI is InChI=1S/C23H27N3O3/c1-3-22(27)26-11-10-17-16-18(4-9-21(17)26)23(28)25-14-12-24(13-15-25)19-5-7-20(29-2)8-6-19/h4-9,16H,3,10-15H2,1-2H3. The van der Waals surface area contributed by atoms with E-state index in [1.165, 1.54) is 0 Å². The first-order valence-electron chi connectivity index (χ1n) is 10.2. The molecule has 0 spiro atoms. The van der Waals surface area contributed by atoms with E-state index in [0.29, 0.717) is 31.6 Å². The Morgan fingerprint density at radius 3 is 2.34 bits per heavy atom. The second kappa shape index (κ2) is 8.15. The van der Waals surface area contributed by atoms with Crippen molar-refractivity contribution in [2.24, 2.45) is 0 Å². The highest BCUT2D eigenvalue weighted by Gasteiger charge is 2.27. The van der Waals surface area contributed by atoms with E-state index in [9.17, 15) is 9.59 Å². The minimum atomic E-state index is 0.0717. The summed E-state index contributed by atoms with van der Waals surface area (Å²) in [5.74, 6) is 1.05. The monoisotopic (exact) mass is 393 g/mol. The van der Waals surface area contributed by atoms with Gasteiger partial charge >= 0.3 is 0 Å². The van der Waals surface area contributed by atoms with Crippen molar-refractivity contribution in [3.63, 3.8) is 0 Å². The van der Waals surface area contributed by atoms with Crippen molar-refractivity contribution in [2.75, 3.05) is 49.6 Å². The minimum Gasteiger partial charge on any atom is -0.497 e. The van der Waals surface area contributed by atoms with Gasteiger partial charge in [0.1, 0.15) is 5.75 Å². The highest BCUT2D eigenvalue weighted by Crippen LogP contribution is 2.30. The lowest BCUT2D eigenvalue weighted by Crippen LogP contribution is -2.48. The van der Waals surface area contributed by atoms with Crippen molar-refractivity contribution in [2.45, 2.75) is 19.8 Å². The highest BCUT2D eigenvalue weighted by molar-refractivity contribution is 5.98. The molecule has 2 aromatic carbocycles. The number of anilines is 2. The summed E-state index contributed by atoms with van der Waals surface area (Å²) in [6.45, 7) is 5.60. The van der Waals surface area contributed by atoms with E-state index in [-0.39, 0.29) is 11.8 Å². The summed E-state index contributed by atoms with van der Waals surface area (Å²) < 4.78 is 5.22. The molecule has 2 aliphatic rings. The van der Waals surface area contributed by atoms with E-state index in [4.69, 9.17) is 4.74 Å². The van der Waals surface area contributed by atoms with Crippen LogP contribution in [0.5, 0.6) is 5.75 Å². The van der Waals surface area contributed by atoms with Gasteiger partial charge in [-0.2, -0.15) is 0 Å². The van der Waals surface area contributed by atoms with Gasteiger partial charge in [0, 0.05) is 56.1 Å². The zero-order valence-corrected chi connectivity index (χ0v) is 17.1. The largest absolute Gasteiger partial charge is 0.497 e. The summed E-state index contributed by atoms with van der Waals surface area (Å²) in [6, 6.07) is 13.8. The van der Waals surface area contributed by atoms with Gasteiger partial charge in [0.05, 0.1) is 7.11 Å². The Morgan fingerprint density at radius 2 is 1.69 bits per heavy atom. The van der Waals surface area contributed by atoms with E-state index in [1.807, 2.05) is 47.1 Å². The Morgan fingerprint density at radius 1 is 0.966 bits per heavy atom. The van der Waals surface area contributed by atoms with Gasteiger partial charge in [0.25, 0.3) is 5.91 Å². The Hall–Kier alpha value is -3.02. The Labute approximate surface area is 171 Å². The van der Waals surface area contributed by atoms with Crippen LogP contribution in [0.1, 0.15) is 29.3 Å². The maximum Gasteiger partial charge on any atom is 0.253 e. The molecule has 152 valence electrons. The number of amides is 2. The van der Waals surface area contributed by atoms with Crippen LogP contribution in [0.2, 0.25) is 0 Å². The summed E-state index contributed by atoms with van der Waals surface area (Å²) in [6.07, 6.45) is 1.31. The molecule has 0 aromatic heterocycles. The number of fused-ring (bicyclic) bond motifs is 1. The average molecular weight is 393 g/mol. The van der Waals surface area contributed by atoms with Crippen LogP contribution < -0.4 is 14.5 Å². The smallest absolute Gasteiger partial charge is 0.253 e. The van der Waals surface area contributed by atoms with Crippen molar-refractivity contribution >= 4 is 23.2 Å². The molecule has 0 atom stereocenters. The molecule has 1 fully saturated rings. The normalized spacial score (nSPS) is 16.0. The summed E-state index contributed by atoms with van der Waals surface area (Å²) in [4.78, 5) is 31.1. The Bertz CT molecular complexity index is 902. The van der Waals surface area contributed by atoms with Gasteiger partial charge in [-0.25, -0.2) is 0 Å². The number of carbonyl (C=O) groups is 2. The lowest BCUT2D eigenvalue weighted by Gasteiger charge is -2.36. The van der Waals surface area contributed by atoms with Crippen molar-refractivity contribution in [3.05, 3.63) is 53.6 Å². The van der Waals surface area contributed by atoms with Gasteiger partial charge in [0.2, 0.25) is 5.91 Å². The maximum absolute atomic E-state index is 13.0. The van der Waals surface area contributed by atoms with Gasteiger partial charge < -0.3 is 19.4 Å². The summed E-state index contributed by atoms with van der Waals surface area (Å²) in [5, 5.41) is 0. The SMILES string of the molecule is CCC(=O)N1CCc2cc(C(=O)N3CCN(c4ccc(OC)cc4)CC3)ccc21. The first-order chi connectivity index (χ1) is 14.1. The van der Waals surface area contributed by atoms with Gasteiger partial charge in [-0.05, 0) is 54.4 Å². The third-order valence-electron chi connectivity index (χ3n) is 5.83. The summed E-state index contributed by atoms with van der Waals surface area (Å²) in [7, 11) is 1.66. The molecule has 2 heterocycles. The van der Waals surface area contributed by atoms with Crippen LogP contribution in [-0.2, 0) is 11.2 Å². The Kier molecular flexibility index (Phi) is 5.43. The van der Waals surface area contributed by atoms with Crippen molar-refractivity contribution in [1.29, 1.82) is 0 Å². The number of nitrogens with zero attached hydrogens (tertiary/aromatic N) is 3. The van der Waals surface area contributed by atoms with Gasteiger partial charge in [-0.1, -0.05) is 6.92 Å². The third-order valence-corrected chi connectivity index (χ3v) is 5.83. The zero-order valence-electron chi connectivity index (χ0n) is 17.1. The second-order valence-corrected chi connectivity index (χ2v) is 7.47. The number of rotatable bonds is 4. The molecule has 2 aromatic rings. The lowest BCUT2D eigenvalue weighted by atomic mass is 10.1. The maximum atomic E-state index is 13.0. The van der Waals surface area contributed by atoms with Crippen molar-refractivity contribution in [1.82, 2.24) is 4.90 Å². The number of piperazine rings is 1. The predicted octanol–water partition coefficient (Wildman–Crippen LogP) is 2.96. The number of methoxy groups -OCH3 is 1. The molecule has 29 heavy (non-hydrogen) atoms. The van der Waals surface area contributed by atoms with Crippen molar-refractivity contribution in [3.8, 4) is 5.75 Å². The number of benzene rings is 2. The van der Waals surface area contributed by atoms with Crippen LogP contribution in [0.15, 0.2) is 42.5 Å². The summed E-state index contributed by atoms with van der Waals surface area (Å²) in [5.41, 5.74) is 3.91. The van der Waals surface area contributed by atoms with Crippen LogP contribution in [0.3, 0.4) is 0 Å². The molecule has 4 rings (SSSR count). The molecule has 0 unspecified atom stereocenters. The Balaban J connectivity index is 1.40. The van der Waals surface area contributed by atoms with Crippen LogP contribution >= 0.6 is 0 Å². The van der Waals surface area contributed by atoms with E-state index < -0.39 is 0 Å². The quantitative estimate of drug-likeness (QED) is 0.802. The van der Waals surface area contributed by atoms with E-state index in [0.717, 1.165) is 42.2 Å². The topological polar surface area (TPSA) is 53.1 Å². The molecule has 0 bridgehead atoms. The fourth-order valence-corrected chi connectivity index (χ4v) is 4.13.